The molecule has 0 atom stereocenters. The molecule has 0 radical (unpaired) electrons. The van der Waals surface area contributed by atoms with Crippen molar-refractivity contribution >= 4 is 17.7 Å². The summed E-state index contributed by atoms with van der Waals surface area (Å²) in [5.74, 6) is -2.99. The van der Waals surface area contributed by atoms with Crippen LogP contribution in [0.15, 0.2) is 29.2 Å². The molecule has 0 aliphatic heterocycles. The van der Waals surface area contributed by atoms with Crippen LogP contribution in [0, 0.1) is 0 Å². The smallest absolute Gasteiger partial charge is 0.288 e. The average Bonchev–Trinajstić information content (AvgIpc) is 2.33. The Labute approximate surface area is 114 Å². The monoisotopic (exact) mass is 287 g/mol. The summed E-state index contributed by atoms with van der Waals surface area (Å²) in [7, 11) is 0. The van der Waals surface area contributed by atoms with E-state index in [0.29, 0.717) is 24.6 Å². The molecule has 19 heavy (non-hydrogen) atoms. The number of halogens is 2. The van der Waals surface area contributed by atoms with Crippen LogP contribution in [0.5, 0.6) is 0 Å². The molecule has 0 heterocycles. The number of benzene rings is 1. The Morgan fingerprint density at radius 3 is 2.68 bits per heavy atom. The van der Waals surface area contributed by atoms with Crippen LogP contribution in [-0.2, 0) is 0 Å². The standard InChI is InChI=1S/C13H15F2NO2S/c14-12(15)19-10-5-2-1-4-9(10)11(17)16-8-13(18)6-3-7-13/h1-2,4-5,12,18H,3,6-8H2,(H,16,17). The molecule has 1 aliphatic rings. The van der Waals surface area contributed by atoms with Crippen LogP contribution in [0.4, 0.5) is 8.78 Å². The van der Waals surface area contributed by atoms with Gasteiger partial charge in [0, 0.05) is 11.4 Å². The van der Waals surface area contributed by atoms with E-state index < -0.39 is 17.3 Å². The first-order valence-corrected chi connectivity index (χ1v) is 6.93. The second-order valence-corrected chi connectivity index (χ2v) is 5.67. The van der Waals surface area contributed by atoms with Crippen molar-refractivity contribution in [3.63, 3.8) is 0 Å². The highest BCUT2D eigenvalue weighted by Crippen LogP contribution is 2.31. The highest BCUT2D eigenvalue weighted by Gasteiger charge is 2.34. The molecule has 6 heteroatoms. The Morgan fingerprint density at radius 2 is 2.11 bits per heavy atom. The molecule has 2 rings (SSSR count). The summed E-state index contributed by atoms with van der Waals surface area (Å²) in [5, 5.41) is 12.5. The first-order chi connectivity index (χ1) is 9.00. The molecule has 1 amide bonds. The van der Waals surface area contributed by atoms with E-state index in [0.717, 1.165) is 6.42 Å². The van der Waals surface area contributed by atoms with Gasteiger partial charge in [-0.05, 0) is 31.4 Å². The van der Waals surface area contributed by atoms with Crippen molar-refractivity contribution < 1.29 is 18.7 Å². The van der Waals surface area contributed by atoms with Gasteiger partial charge >= 0.3 is 0 Å². The lowest BCUT2D eigenvalue weighted by atomic mass is 9.80. The number of alkyl halides is 2. The van der Waals surface area contributed by atoms with Gasteiger partial charge in [0.05, 0.1) is 11.2 Å². The molecule has 2 N–H and O–H groups in total. The molecule has 0 bridgehead atoms. The van der Waals surface area contributed by atoms with Crippen LogP contribution >= 0.6 is 11.8 Å². The first-order valence-electron chi connectivity index (χ1n) is 6.05. The number of carbonyl (C=O) groups is 1. The molecule has 0 spiro atoms. The zero-order valence-corrected chi connectivity index (χ0v) is 11.1. The van der Waals surface area contributed by atoms with E-state index in [4.69, 9.17) is 0 Å². The topological polar surface area (TPSA) is 49.3 Å². The third kappa shape index (κ3) is 3.67. The Kier molecular flexibility index (Phi) is 4.42. The molecule has 0 unspecified atom stereocenters. The highest BCUT2D eigenvalue weighted by atomic mass is 32.2. The van der Waals surface area contributed by atoms with Crippen LogP contribution in [0.2, 0.25) is 0 Å². The number of amides is 1. The van der Waals surface area contributed by atoms with E-state index >= 15 is 0 Å². The quantitative estimate of drug-likeness (QED) is 0.819. The van der Waals surface area contributed by atoms with Gasteiger partial charge in [0.15, 0.2) is 0 Å². The van der Waals surface area contributed by atoms with Crippen LogP contribution in [0.1, 0.15) is 29.6 Å². The molecule has 104 valence electrons. The van der Waals surface area contributed by atoms with Crippen molar-refractivity contribution in [2.75, 3.05) is 6.54 Å². The fourth-order valence-electron chi connectivity index (χ4n) is 1.95. The summed E-state index contributed by atoms with van der Waals surface area (Å²) in [6, 6.07) is 6.23. The van der Waals surface area contributed by atoms with Gasteiger partial charge in [-0.25, -0.2) is 0 Å². The molecule has 1 fully saturated rings. The normalized spacial score (nSPS) is 17.1. The summed E-state index contributed by atoms with van der Waals surface area (Å²) in [4.78, 5) is 12.2. The van der Waals surface area contributed by atoms with E-state index in [1.54, 1.807) is 12.1 Å². The minimum absolute atomic E-state index is 0.166. The summed E-state index contributed by atoms with van der Waals surface area (Å²) in [5.41, 5.74) is -0.601. The molecule has 1 aliphatic carbocycles. The largest absolute Gasteiger partial charge is 0.388 e. The average molecular weight is 287 g/mol. The Balaban J connectivity index is 2.01. The van der Waals surface area contributed by atoms with Gasteiger partial charge in [0.25, 0.3) is 11.7 Å². The second kappa shape index (κ2) is 5.88. The third-order valence-corrected chi connectivity index (χ3v) is 4.00. The lowest BCUT2D eigenvalue weighted by Crippen LogP contribution is -2.47. The summed E-state index contributed by atoms with van der Waals surface area (Å²) >= 11 is 0.350. The molecule has 1 aromatic rings. The van der Waals surface area contributed by atoms with Gasteiger partial charge in [0.1, 0.15) is 0 Å². The number of nitrogens with one attached hydrogen (secondary N) is 1. The fourth-order valence-corrected chi connectivity index (χ4v) is 2.59. The molecule has 1 aromatic carbocycles. The highest BCUT2D eigenvalue weighted by molar-refractivity contribution is 7.99. The van der Waals surface area contributed by atoms with Crippen molar-refractivity contribution in [1.82, 2.24) is 5.32 Å². The summed E-state index contributed by atoms with van der Waals surface area (Å²) in [6.45, 7) is 0.166. The van der Waals surface area contributed by atoms with Gasteiger partial charge in [-0.3, -0.25) is 4.79 Å². The first kappa shape index (κ1) is 14.3. The molecule has 0 aromatic heterocycles. The number of aliphatic hydroxyl groups is 1. The van der Waals surface area contributed by atoms with Crippen molar-refractivity contribution in [3.05, 3.63) is 29.8 Å². The van der Waals surface area contributed by atoms with Crippen molar-refractivity contribution in [3.8, 4) is 0 Å². The molecule has 0 saturated heterocycles. The predicted molar refractivity (Wildman–Crippen MR) is 69.4 cm³/mol. The number of rotatable bonds is 5. The van der Waals surface area contributed by atoms with Crippen LogP contribution in [0.3, 0.4) is 0 Å². The molecular formula is C13H15F2NO2S. The van der Waals surface area contributed by atoms with Crippen LogP contribution in [0.25, 0.3) is 0 Å². The number of carbonyl (C=O) groups excluding carboxylic acids is 1. The van der Waals surface area contributed by atoms with E-state index in [-0.39, 0.29) is 17.0 Å². The maximum atomic E-state index is 12.4. The van der Waals surface area contributed by atoms with E-state index in [1.807, 2.05) is 0 Å². The fraction of sp³-hybridized carbons (Fsp3) is 0.462. The zero-order chi connectivity index (χ0) is 13.9. The van der Waals surface area contributed by atoms with E-state index in [1.165, 1.54) is 12.1 Å². The second-order valence-electron chi connectivity index (χ2n) is 4.64. The van der Waals surface area contributed by atoms with Gasteiger partial charge in [-0.2, -0.15) is 8.78 Å². The van der Waals surface area contributed by atoms with E-state index in [9.17, 15) is 18.7 Å². The number of hydrogen-bond acceptors (Lipinski definition) is 3. The predicted octanol–water partition coefficient (Wildman–Crippen LogP) is 2.65. The molecule has 1 saturated carbocycles. The maximum Gasteiger partial charge on any atom is 0.288 e. The Bertz CT molecular complexity index is 464. The van der Waals surface area contributed by atoms with Gasteiger partial charge in [0.2, 0.25) is 0 Å². The van der Waals surface area contributed by atoms with Crippen LogP contribution in [-0.4, -0.2) is 28.9 Å². The third-order valence-electron chi connectivity index (χ3n) is 3.21. The Morgan fingerprint density at radius 1 is 1.42 bits per heavy atom. The number of thioether (sulfide) groups is 1. The van der Waals surface area contributed by atoms with Crippen molar-refractivity contribution in [2.45, 2.75) is 35.5 Å². The van der Waals surface area contributed by atoms with Gasteiger partial charge in [-0.1, -0.05) is 23.9 Å². The van der Waals surface area contributed by atoms with Gasteiger partial charge < -0.3 is 10.4 Å². The summed E-state index contributed by atoms with van der Waals surface area (Å²) < 4.78 is 24.8. The lowest BCUT2D eigenvalue weighted by Gasteiger charge is -2.36. The zero-order valence-electron chi connectivity index (χ0n) is 10.2. The van der Waals surface area contributed by atoms with Gasteiger partial charge in [-0.15, -0.1) is 0 Å². The van der Waals surface area contributed by atoms with Crippen molar-refractivity contribution in [2.24, 2.45) is 0 Å². The maximum absolute atomic E-state index is 12.4. The minimum atomic E-state index is -2.57. The molecule has 3 nitrogen and oxygen atoms in total. The molecular weight excluding hydrogens is 272 g/mol. The van der Waals surface area contributed by atoms with Crippen LogP contribution < -0.4 is 5.32 Å². The minimum Gasteiger partial charge on any atom is -0.388 e. The van der Waals surface area contributed by atoms with Crippen molar-refractivity contribution in [1.29, 1.82) is 0 Å². The summed E-state index contributed by atoms with van der Waals surface area (Å²) in [6.07, 6.45) is 2.28. The Hall–Kier alpha value is -1.14. The van der Waals surface area contributed by atoms with E-state index in [2.05, 4.69) is 5.32 Å². The SMILES string of the molecule is O=C(NCC1(O)CCC1)c1ccccc1SC(F)F. The number of hydrogen-bond donors (Lipinski definition) is 2. The lowest BCUT2D eigenvalue weighted by molar-refractivity contribution is -0.0300.